The molecule has 0 aliphatic heterocycles. The topological polar surface area (TPSA) is 69.9 Å². The molecule has 5 heteroatoms. The van der Waals surface area contributed by atoms with Crippen molar-refractivity contribution in [3.8, 4) is 0 Å². The van der Waals surface area contributed by atoms with Crippen molar-refractivity contribution in [2.75, 3.05) is 6.61 Å². The second-order valence-electron chi connectivity index (χ2n) is 3.58. The molecule has 0 radical (unpaired) electrons. The first-order valence-corrected chi connectivity index (χ1v) is 6.76. The van der Waals surface area contributed by atoms with Crippen LogP contribution in [0, 0.1) is 5.92 Å². The molecule has 0 bridgehead atoms. The zero-order chi connectivity index (χ0) is 11.9. The van der Waals surface area contributed by atoms with Gasteiger partial charge in [-0.15, -0.1) is 0 Å². The van der Waals surface area contributed by atoms with E-state index in [1.54, 1.807) is 0 Å². The molecule has 0 amide bonds. The maximum absolute atomic E-state index is 8.64. The fraction of sp³-hybridized carbons (Fsp3) is 0.600. The third-order valence-corrected chi connectivity index (χ3v) is 2.26. The van der Waals surface area contributed by atoms with Crippen LogP contribution in [-0.2, 0) is 4.52 Å². The summed E-state index contributed by atoms with van der Waals surface area (Å²) in [6, 6.07) is 0. The summed E-state index contributed by atoms with van der Waals surface area (Å²) in [4.78, 5) is 25.9. The zero-order valence-electron chi connectivity index (χ0n) is 9.47. The molecule has 1 atom stereocenters. The van der Waals surface area contributed by atoms with Gasteiger partial charge in [-0.05, 0) is 0 Å². The van der Waals surface area contributed by atoms with Crippen LogP contribution >= 0.6 is 8.17 Å². The average Bonchev–Trinajstić information content (AvgIpc) is 2.10. The molecule has 0 saturated heterocycles. The Morgan fingerprint density at radius 3 is 2.47 bits per heavy atom. The van der Waals surface area contributed by atoms with Crippen LogP contribution in [0.3, 0.4) is 0 Å². The van der Waals surface area contributed by atoms with E-state index in [2.05, 4.69) is 11.4 Å². The normalized spacial score (nSPS) is 17.1. The van der Waals surface area contributed by atoms with Crippen molar-refractivity contribution in [1.82, 2.24) is 0 Å². The molecule has 90 valence electrons. The number of hydrogen-bond donors (Lipinski definition) is 3. The second kappa shape index (κ2) is 7.09. The molecule has 0 aromatic carbocycles. The summed E-state index contributed by atoms with van der Waals surface area (Å²) in [5, 5.41) is 0. The van der Waals surface area contributed by atoms with Crippen molar-refractivity contribution in [2.24, 2.45) is 5.92 Å². The molecule has 0 aliphatic rings. The van der Waals surface area contributed by atoms with Crippen LogP contribution in [0.1, 0.15) is 27.2 Å². The van der Waals surface area contributed by atoms with E-state index in [-0.39, 0.29) is 12.5 Å². The Hall–Kier alpha value is -0.250. The molecule has 0 aromatic heterocycles. The van der Waals surface area contributed by atoms with Gasteiger partial charge in [0.25, 0.3) is 0 Å². The Bertz CT molecular complexity index is 230. The fourth-order valence-electron chi connectivity index (χ4n) is 1.10. The monoisotopic (exact) mass is 236 g/mol. The summed E-state index contributed by atoms with van der Waals surface area (Å²) in [5.41, 5.74) is 1.09. The Labute approximate surface area is 91.6 Å². The van der Waals surface area contributed by atoms with Gasteiger partial charge in [-0.1, -0.05) is 0 Å². The molecule has 0 fully saturated rings. The third-order valence-electron chi connectivity index (χ3n) is 1.70. The molecule has 15 heavy (non-hydrogen) atoms. The van der Waals surface area contributed by atoms with E-state index in [1.165, 1.54) is 0 Å². The van der Waals surface area contributed by atoms with Crippen molar-refractivity contribution in [2.45, 2.75) is 27.2 Å². The van der Waals surface area contributed by atoms with Crippen LogP contribution in [0.15, 0.2) is 23.8 Å². The Kier molecular flexibility index (Phi) is 6.98. The van der Waals surface area contributed by atoms with Crippen LogP contribution < -0.4 is 0 Å². The first-order valence-electron chi connectivity index (χ1n) is 5.01. The molecule has 0 heterocycles. The molecular weight excluding hydrogens is 215 g/mol. The summed E-state index contributed by atoms with van der Waals surface area (Å²) in [7, 11) is -4.34. The van der Waals surface area contributed by atoms with Gasteiger partial charge in [-0.25, -0.2) is 0 Å². The van der Waals surface area contributed by atoms with Gasteiger partial charge in [-0.2, -0.15) is 0 Å². The van der Waals surface area contributed by atoms with Gasteiger partial charge >= 0.3 is 90.9 Å². The fourth-order valence-corrected chi connectivity index (χ4v) is 1.59. The predicted octanol–water partition coefficient (Wildman–Crippen LogP) is 1.94. The van der Waals surface area contributed by atoms with Gasteiger partial charge in [0.05, 0.1) is 0 Å². The van der Waals surface area contributed by atoms with E-state index >= 15 is 0 Å². The molecule has 4 nitrogen and oxygen atoms in total. The molecule has 0 spiro atoms. The van der Waals surface area contributed by atoms with Gasteiger partial charge in [0.15, 0.2) is 0 Å². The number of allylic oxidation sites excluding steroid dienone is 3. The molecule has 0 rings (SSSR count). The number of rotatable bonds is 6. The molecular formula is C10H21O4P. The van der Waals surface area contributed by atoms with E-state index in [9.17, 15) is 0 Å². The quantitative estimate of drug-likeness (QED) is 0.487. The van der Waals surface area contributed by atoms with E-state index < -0.39 is 8.17 Å². The Balaban J connectivity index is 4.01. The minimum absolute atomic E-state index is 0.0323. The van der Waals surface area contributed by atoms with E-state index in [4.69, 9.17) is 14.7 Å². The van der Waals surface area contributed by atoms with E-state index in [0.717, 1.165) is 12.0 Å². The molecule has 0 aromatic rings. The number of hydrogen-bond acceptors (Lipinski definition) is 4. The first kappa shape index (κ1) is 14.8. The van der Waals surface area contributed by atoms with E-state index in [0.29, 0.717) is 0 Å². The molecule has 0 aliphatic carbocycles. The third kappa shape index (κ3) is 10.0. The van der Waals surface area contributed by atoms with Gasteiger partial charge in [0.1, 0.15) is 0 Å². The van der Waals surface area contributed by atoms with Crippen LogP contribution in [0.4, 0.5) is 0 Å². The SMILES string of the molecule is CC/C=C\C(C)=C\C(C)CO[PH](O)(O)O. The minimum atomic E-state index is -4.34. The predicted molar refractivity (Wildman–Crippen MR) is 63.3 cm³/mol. The first-order chi connectivity index (χ1) is 6.85. The van der Waals surface area contributed by atoms with Crippen molar-refractivity contribution in [3.05, 3.63) is 23.8 Å². The van der Waals surface area contributed by atoms with Gasteiger partial charge in [-0.3, -0.25) is 0 Å². The Morgan fingerprint density at radius 1 is 1.40 bits per heavy atom. The van der Waals surface area contributed by atoms with Crippen LogP contribution in [-0.4, -0.2) is 21.3 Å². The maximum atomic E-state index is 8.64. The summed E-state index contributed by atoms with van der Waals surface area (Å²) in [5.74, 6) is 0.0323. The standard InChI is InChI=1S/C10H21O4P/c1-4-5-6-9(2)7-10(3)8-14-15(11,12)13/h5-7,10-13,15H,4,8H2,1-3H3/b6-5-,9-7+. The second-order valence-corrected chi connectivity index (χ2v) is 5.02. The molecule has 3 N–H and O–H groups in total. The van der Waals surface area contributed by atoms with Crippen LogP contribution in [0.25, 0.3) is 0 Å². The average molecular weight is 236 g/mol. The van der Waals surface area contributed by atoms with E-state index in [1.807, 2.05) is 32.1 Å². The summed E-state index contributed by atoms with van der Waals surface area (Å²) >= 11 is 0. The van der Waals surface area contributed by atoms with Crippen molar-refractivity contribution < 1.29 is 19.2 Å². The molecule has 1 unspecified atom stereocenters. The summed E-state index contributed by atoms with van der Waals surface area (Å²) in [6.07, 6.45) is 6.98. The van der Waals surface area contributed by atoms with Crippen molar-refractivity contribution in [3.63, 3.8) is 0 Å². The summed E-state index contributed by atoms with van der Waals surface area (Å²) < 4.78 is 4.53. The van der Waals surface area contributed by atoms with Gasteiger partial charge < -0.3 is 0 Å². The zero-order valence-corrected chi connectivity index (χ0v) is 10.5. The summed E-state index contributed by atoms with van der Waals surface area (Å²) in [6.45, 7) is 6.00. The van der Waals surface area contributed by atoms with Crippen LogP contribution in [0.2, 0.25) is 0 Å². The molecule has 0 saturated carbocycles. The van der Waals surface area contributed by atoms with Crippen molar-refractivity contribution >= 4 is 8.17 Å². The van der Waals surface area contributed by atoms with Crippen LogP contribution in [0.5, 0.6) is 0 Å². The van der Waals surface area contributed by atoms with Gasteiger partial charge in [0.2, 0.25) is 0 Å². The Morgan fingerprint density at radius 2 is 2.00 bits per heavy atom. The van der Waals surface area contributed by atoms with Crippen molar-refractivity contribution in [1.29, 1.82) is 0 Å². The van der Waals surface area contributed by atoms with Gasteiger partial charge in [0, 0.05) is 0 Å².